The zero-order valence-electron chi connectivity index (χ0n) is 13.6. The number of likely N-dealkylation sites (N-methyl/N-ethyl adjacent to an activating group) is 1. The average Bonchev–Trinajstić information content (AvgIpc) is 3.21. The maximum atomic E-state index is 12.3. The van der Waals surface area contributed by atoms with E-state index in [4.69, 9.17) is 4.74 Å². The number of nitrogens with zero attached hydrogens (tertiary/aromatic N) is 2. The summed E-state index contributed by atoms with van der Waals surface area (Å²) in [6, 6.07) is 9.57. The average molecular weight is 342 g/mol. The fourth-order valence-corrected chi connectivity index (χ4v) is 3.22. The number of rotatable bonds is 5. The van der Waals surface area contributed by atoms with Gasteiger partial charge < -0.3 is 14.2 Å². The van der Waals surface area contributed by atoms with Gasteiger partial charge in [0.1, 0.15) is 0 Å². The van der Waals surface area contributed by atoms with Crippen LogP contribution in [0.5, 0.6) is 0 Å². The number of aryl methyl sites for hydroxylation is 1. The molecule has 3 rings (SSSR count). The molecule has 0 aliphatic rings. The van der Waals surface area contributed by atoms with E-state index in [2.05, 4.69) is 0 Å². The van der Waals surface area contributed by atoms with Crippen LogP contribution in [0.4, 0.5) is 0 Å². The van der Waals surface area contributed by atoms with Crippen LogP contribution in [0.3, 0.4) is 0 Å². The van der Waals surface area contributed by atoms with Gasteiger partial charge in [0, 0.05) is 37.7 Å². The molecule has 0 saturated heterocycles. The molecule has 0 aliphatic heterocycles. The van der Waals surface area contributed by atoms with Crippen LogP contribution in [0, 0.1) is 0 Å². The van der Waals surface area contributed by atoms with Crippen LogP contribution < -0.4 is 0 Å². The lowest BCUT2D eigenvalue weighted by Gasteiger charge is -2.16. The first-order chi connectivity index (χ1) is 11.6. The summed E-state index contributed by atoms with van der Waals surface area (Å²) in [4.78, 5) is 26.0. The lowest BCUT2D eigenvalue weighted by atomic mass is 10.2. The maximum absolute atomic E-state index is 12.3. The van der Waals surface area contributed by atoms with Gasteiger partial charge in [-0.15, -0.1) is 0 Å². The number of ether oxygens (including phenoxy) is 1. The van der Waals surface area contributed by atoms with Gasteiger partial charge in [-0.05, 0) is 28.5 Å². The molecule has 0 N–H and O–H groups in total. The summed E-state index contributed by atoms with van der Waals surface area (Å²) in [6.07, 6.45) is 1.73. The lowest BCUT2D eigenvalue weighted by Crippen LogP contribution is -2.30. The Morgan fingerprint density at radius 1 is 1.25 bits per heavy atom. The van der Waals surface area contributed by atoms with Gasteiger partial charge in [-0.1, -0.05) is 18.2 Å². The highest BCUT2D eigenvalue weighted by atomic mass is 32.1. The Balaban J connectivity index is 1.63. The van der Waals surface area contributed by atoms with Gasteiger partial charge in [-0.25, -0.2) is 4.79 Å². The van der Waals surface area contributed by atoms with Crippen molar-refractivity contribution < 1.29 is 14.3 Å². The topological polar surface area (TPSA) is 51.5 Å². The van der Waals surface area contributed by atoms with E-state index in [1.54, 1.807) is 29.5 Å². The molecule has 124 valence electrons. The Hall–Kier alpha value is -2.60. The smallest absolute Gasteiger partial charge is 0.340 e. The van der Waals surface area contributed by atoms with Crippen LogP contribution in [0.25, 0.3) is 10.9 Å². The van der Waals surface area contributed by atoms with Gasteiger partial charge in [0.05, 0.1) is 5.56 Å². The number of hydrogen-bond donors (Lipinski definition) is 0. The zero-order chi connectivity index (χ0) is 17.1. The number of hydrogen-bond acceptors (Lipinski definition) is 4. The highest BCUT2D eigenvalue weighted by molar-refractivity contribution is 7.07. The third kappa shape index (κ3) is 3.33. The van der Waals surface area contributed by atoms with E-state index >= 15 is 0 Å². The Kier molecular flexibility index (Phi) is 4.66. The molecule has 0 fully saturated rings. The highest BCUT2D eigenvalue weighted by Gasteiger charge is 2.17. The van der Waals surface area contributed by atoms with Crippen molar-refractivity contribution in [2.24, 2.45) is 7.05 Å². The van der Waals surface area contributed by atoms with E-state index in [0.29, 0.717) is 12.1 Å². The Bertz CT molecular complexity index is 868. The predicted octanol–water partition coefficient (Wildman–Crippen LogP) is 3.06. The third-order valence-corrected chi connectivity index (χ3v) is 4.60. The van der Waals surface area contributed by atoms with Crippen LogP contribution in [0.2, 0.25) is 0 Å². The molecule has 5 nitrogen and oxygen atoms in total. The van der Waals surface area contributed by atoms with Crippen molar-refractivity contribution in [2.45, 2.75) is 6.54 Å². The molecule has 0 spiro atoms. The molecule has 0 radical (unpaired) electrons. The molecule has 2 aromatic heterocycles. The van der Waals surface area contributed by atoms with Crippen LogP contribution >= 0.6 is 11.3 Å². The summed E-state index contributed by atoms with van der Waals surface area (Å²) in [5.74, 6) is -0.709. The Labute approximate surface area is 144 Å². The minimum atomic E-state index is -0.482. The summed E-state index contributed by atoms with van der Waals surface area (Å²) >= 11 is 1.59. The number of fused-ring (bicyclic) bond motifs is 1. The molecule has 1 amide bonds. The molecule has 24 heavy (non-hydrogen) atoms. The van der Waals surface area contributed by atoms with Crippen molar-refractivity contribution in [1.29, 1.82) is 0 Å². The normalized spacial score (nSPS) is 10.8. The minimum Gasteiger partial charge on any atom is -0.452 e. The molecule has 2 heterocycles. The van der Waals surface area contributed by atoms with Gasteiger partial charge in [-0.2, -0.15) is 11.3 Å². The number of esters is 1. The fraction of sp³-hybridized carbons (Fsp3) is 0.222. The quantitative estimate of drug-likeness (QED) is 0.670. The van der Waals surface area contributed by atoms with Gasteiger partial charge in [0.2, 0.25) is 0 Å². The van der Waals surface area contributed by atoms with E-state index in [1.165, 1.54) is 0 Å². The summed E-state index contributed by atoms with van der Waals surface area (Å²) in [5, 5.41) is 4.78. The number of carbonyl (C=O) groups excluding carboxylic acids is 2. The van der Waals surface area contributed by atoms with E-state index in [-0.39, 0.29) is 12.5 Å². The standard InChI is InChI=1S/C18H18N2O3S/c1-19-10-15(14-5-3-4-6-16(14)19)18(22)23-11-17(21)20(2)9-13-7-8-24-12-13/h3-8,10,12H,9,11H2,1-2H3. The SMILES string of the molecule is CN(Cc1ccsc1)C(=O)COC(=O)c1cn(C)c2ccccc12. The first-order valence-electron chi connectivity index (χ1n) is 7.52. The predicted molar refractivity (Wildman–Crippen MR) is 94.0 cm³/mol. The zero-order valence-corrected chi connectivity index (χ0v) is 14.4. The van der Waals surface area contributed by atoms with E-state index in [1.807, 2.05) is 52.7 Å². The van der Waals surface area contributed by atoms with Crippen LogP contribution in [0.1, 0.15) is 15.9 Å². The number of carbonyl (C=O) groups is 2. The molecule has 1 aromatic carbocycles. The van der Waals surface area contributed by atoms with Crippen molar-refractivity contribution in [3.8, 4) is 0 Å². The molecule has 0 bridgehead atoms. The van der Waals surface area contributed by atoms with Crippen molar-refractivity contribution in [3.63, 3.8) is 0 Å². The van der Waals surface area contributed by atoms with Crippen molar-refractivity contribution in [1.82, 2.24) is 9.47 Å². The molecule has 0 atom stereocenters. The number of para-hydroxylation sites is 1. The van der Waals surface area contributed by atoms with Crippen molar-refractivity contribution >= 4 is 34.1 Å². The third-order valence-electron chi connectivity index (χ3n) is 3.87. The second-order valence-electron chi connectivity index (χ2n) is 5.63. The van der Waals surface area contributed by atoms with E-state index in [0.717, 1.165) is 16.5 Å². The molecular formula is C18H18N2O3S. The Morgan fingerprint density at radius 3 is 2.79 bits per heavy atom. The minimum absolute atomic E-state index is 0.227. The fourth-order valence-electron chi connectivity index (χ4n) is 2.56. The van der Waals surface area contributed by atoms with Crippen molar-refractivity contribution in [3.05, 3.63) is 58.4 Å². The monoisotopic (exact) mass is 342 g/mol. The molecule has 6 heteroatoms. The van der Waals surface area contributed by atoms with E-state index in [9.17, 15) is 9.59 Å². The molecule has 0 saturated carbocycles. The van der Waals surface area contributed by atoms with Gasteiger partial charge in [0.25, 0.3) is 5.91 Å². The molecule has 3 aromatic rings. The lowest BCUT2D eigenvalue weighted by molar-refractivity contribution is -0.133. The van der Waals surface area contributed by atoms with E-state index < -0.39 is 5.97 Å². The molecule has 0 unspecified atom stereocenters. The second kappa shape index (κ2) is 6.88. The Morgan fingerprint density at radius 2 is 2.04 bits per heavy atom. The first-order valence-corrected chi connectivity index (χ1v) is 8.47. The highest BCUT2D eigenvalue weighted by Crippen LogP contribution is 2.21. The van der Waals surface area contributed by atoms with Gasteiger partial charge >= 0.3 is 5.97 Å². The number of amides is 1. The maximum Gasteiger partial charge on any atom is 0.340 e. The summed E-state index contributed by atoms with van der Waals surface area (Å²) in [5.41, 5.74) is 2.49. The van der Waals surface area contributed by atoms with Crippen LogP contribution in [-0.4, -0.2) is 35.0 Å². The summed E-state index contributed by atoms with van der Waals surface area (Å²) < 4.78 is 7.08. The number of thiophene rings is 1. The first kappa shape index (κ1) is 16.3. The molecular weight excluding hydrogens is 324 g/mol. The van der Waals surface area contributed by atoms with Crippen LogP contribution in [-0.2, 0) is 23.1 Å². The number of aromatic nitrogens is 1. The largest absolute Gasteiger partial charge is 0.452 e. The summed E-state index contributed by atoms with van der Waals surface area (Å²) in [7, 11) is 3.57. The van der Waals surface area contributed by atoms with Crippen LogP contribution in [0.15, 0.2) is 47.3 Å². The second-order valence-corrected chi connectivity index (χ2v) is 6.41. The van der Waals surface area contributed by atoms with Crippen molar-refractivity contribution in [2.75, 3.05) is 13.7 Å². The van der Waals surface area contributed by atoms with Gasteiger partial charge in [-0.3, -0.25) is 4.79 Å². The molecule has 0 aliphatic carbocycles. The summed E-state index contributed by atoms with van der Waals surface area (Å²) in [6.45, 7) is 0.247. The van der Waals surface area contributed by atoms with Gasteiger partial charge in [0.15, 0.2) is 6.61 Å². The number of benzene rings is 1.